The zero-order valence-electron chi connectivity index (χ0n) is 30.6. The Morgan fingerprint density at radius 1 is 0.316 bits per heavy atom. The van der Waals surface area contributed by atoms with Crippen molar-refractivity contribution in [2.24, 2.45) is 0 Å². The summed E-state index contributed by atoms with van der Waals surface area (Å²) >= 11 is 0. The Balaban J connectivity index is 1.07. The summed E-state index contributed by atoms with van der Waals surface area (Å²) < 4.78 is 12.9. The van der Waals surface area contributed by atoms with Crippen molar-refractivity contribution < 1.29 is 8.83 Å². The van der Waals surface area contributed by atoms with Crippen LogP contribution in [0, 0.1) is 0 Å². The predicted octanol–water partition coefficient (Wildman–Crippen LogP) is 13.8. The average Bonchev–Trinajstić information content (AvgIpc) is 3.85. The molecular formula is C51H32N4O2. The lowest BCUT2D eigenvalue weighted by Crippen LogP contribution is -2.09. The third kappa shape index (κ3) is 5.79. The van der Waals surface area contributed by atoms with Gasteiger partial charge in [-0.25, -0.2) is 15.0 Å². The molecular weight excluding hydrogens is 701 g/mol. The second-order valence-electron chi connectivity index (χ2n) is 14.0. The van der Waals surface area contributed by atoms with E-state index in [1.54, 1.807) is 0 Å². The predicted molar refractivity (Wildman–Crippen MR) is 231 cm³/mol. The third-order valence-electron chi connectivity index (χ3n) is 10.5. The largest absolute Gasteiger partial charge is 0.456 e. The van der Waals surface area contributed by atoms with Gasteiger partial charge in [0.05, 0.1) is 0 Å². The Morgan fingerprint density at radius 2 is 0.842 bits per heavy atom. The van der Waals surface area contributed by atoms with Gasteiger partial charge in [0, 0.05) is 61.4 Å². The van der Waals surface area contributed by atoms with Gasteiger partial charge < -0.3 is 13.7 Å². The van der Waals surface area contributed by atoms with Crippen molar-refractivity contribution in [3.8, 4) is 45.3 Å². The highest BCUT2D eigenvalue weighted by atomic mass is 16.3. The van der Waals surface area contributed by atoms with Crippen molar-refractivity contribution in [2.75, 3.05) is 4.90 Å². The maximum Gasteiger partial charge on any atom is 0.164 e. The standard InChI is InChI=1S/C51H32N4O2/c1-4-13-33(14-5-1)34-23-25-37(26-24-34)55(38-28-30-45-43(31-38)40-19-10-11-21-44(40)56-45)39-27-29-41-47(32-39)57-46-22-12-20-42(48(41)46)51-53-49(35-15-6-2-7-16-35)52-50(54-51)36-17-8-3-9-18-36/h1-32H. The minimum atomic E-state index is 0.584. The van der Waals surface area contributed by atoms with Crippen molar-refractivity contribution in [1.29, 1.82) is 0 Å². The molecule has 0 saturated carbocycles. The van der Waals surface area contributed by atoms with Gasteiger partial charge in [0.25, 0.3) is 0 Å². The Bertz CT molecular complexity index is 3170. The number of anilines is 3. The van der Waals surface area contributed by atoms with E-state index in [2.05, 4.69) is 108 Å². The maximum atomic E-state index is 6.69. The number of rotatable bonds is 7. The second-order valence-corrected chi connectivity index (χ2v) is 14.0. The minimum Gasteiger partial charge on any atom is -0.456 e. The Labute approximate surface area is 328 Å². The van der Waals surface area contributed by atoms with E-state index in [0.717, 1.165) is 83.2 Å². The van der Waals surface area contributed by atoms with Crippen LogP contribution in [0.2, 0.25) is 0 Å². The lowest BCUT2D eigenvalue weighted by Gasteiger charge is -2.25. The van der Waals surface area contributed by atoms with Crippen molar-refractivity contribution in [3.05, 3.63) is 194 Å². The highest BCUT2D eigenvalue weighted by Gasteiger charge is 2.21. The molecule has 0 aliphatic heterocycles. The quantitative estimate of drug-likeness (QED) is 0.162. The van der Waals surface area contributed by atoms with Crippen LogP contribution in [-0.4, -0.2) is 15.0 Å². The summed E-state index contributed by atoms with van der Waals surface area (Å²) in [5.41, 5.74) is 11.3. The molecule has 0 amide bonds. The van der Waals surface area contributed by atoms with E-state index in [1.807, 2.05) is 91.0 Å². The lowest BCUT2D eigenvalue weighted by molar-refractivity contribution is 0.668. The van der Waals surface area contributed by atoms with Gasteiger partial charge in [0.2, 0.25) is 0 Å². The highest BCUT2D eigenvalue weighted by molar-refractivity contribution is 6.13. The van der Waals surface area contributed by atoms with Crippen LogP contribution < -0.4 is 4.90 Å². The molecule has 8 aromatic carbocycles. The molecule has 11 rings (SSSR count). The molecule has 57 heavy (non-hydrogen) atoms. The minimum absolute atomic E-state index is 0.584. The number of nitrogens with zero attached hydrogens (tertiary/aromatic N) is 4. The van der Waals surface area contributed by atoms with Gasteiger partial charge in [-0.1, -0.05) is 133 Å². The van der Waals surface area contributed by atoms with Gasteiger partial charge in [0.15, 0.2) is 17.5 Å². The second kappa shape index (κ2) is 13.5. The molecule has 3 aromatic heterocycles. The van der Waals surface area contributed by atoms with Gasteiger partial charge in [-0.15, -0.1) is 0 Å². The smallest absolute Gasteiger partial charge is 0.164 e. The number of furan rings is 2. The van der Waals surface area contributed by atoms with Crippen LogP contribution in [0.3, 0.4) is 0 Å². The topological polar surface area (TPSA) is 68.2 Å². The van der Waals surface area contributed by atoms with E-state index < -0.39 is 0 Å². The summed E-state index contributed by atoms with van der Waals surface area (Å²) in [6, 6.07) is 66.3. The lowest BCUT2D eigenvalue weighted by atomic mass is 10.0. The fourth-order valence-electron chi connectivity index (χ4n) is 7.80. The van der Waals surface area contributed by atoms with Crippen molar-refractivity contribution in [2.45, 2.75) is 0 Å². The van der Waals surface area contributed by atoms with Crippen molar-refractivity contribution in [1.82, 2.24) is 15.0 Å². The highest BCUT2D eigenvalue weighted by Crippen LogP contribution is 2.43. The number of para-hydroxylation sites is 1. The van der Waals surface area contributed by atoms with Gasteiger partial charge in [-0.3, -0.25) is 0 Å². The third-order valence-corrected chi connectivity index (χ3v) is 10.5. The van der Waals surface area contributed by atoms with E-state index in [1.165, 1.54) is 5.56 Å². The zero-order valence-corrected chi connectivity index (χ0v) is 30.6. The molecule has 0 fully saturated rings. The molecule has 0 radical (unpaired) electrons. The van der Waals surface area contributed by atoms with Crippen molar-refractivity contribution in [3.63, 3.8) is 0 Å². The fraction of sp³-hybridized carbons (Fsp3) is 0. The van der Waals surface area contributed by atoms with Crippen LogP contribution in [0.4, 0.5) is 17.1 Å². The van der Waals surface area contributed by atoms with E-state index >= 15 is 0 Å². The first-order chi connectivity index (χ1) is 28.2. The molecule has 6 nitrogen and oxygen atoms in total. The summed E-state index contributed by atoms with van der Waals surface area (Å²) in [7, 11) is 0. The summed E-state index contributed by atoms with van der Waals surface area (Å²) in [5.74, 6) is 1.81. The molecule has 0 spiro atoms. The van der Waals surface area contributed by atoms with Crippen LogP contribution in [-0.2, 0) is 0 Å². The van der Waals surface area contributed by atoms with E-state index in [4.69, 9.17) is 23.8 Å². The number of fused-ring (bicyclic) bond motifs is 6. The normalized spacial score (nSPS) is 11.5. The number of benzene rings is 8. The van der Waals surface area contributed by atoms with Crippen molar-refractivity contribution >= 4 is 60.9 Å². The summed E-state index contributed by atoms with van der Waals surface area (Å²) in [5, 5.41) is 4.07. The molecule has 0 N–H and O–H groups in total. The van der Waals surface area contributed by atoms with Crippen LogP contribution >= 0.6 is 0 Å². The molecule has 11 aromatic rings. The number of aromatic nitrogens is 3. The van der Waals surface area contributed by atoms with Crippen LogP contribution in [0.5, 0.6) is 0 Å². The summed E-state index contributed by atoms with van der Waals surface area (Å²) in [6.07, 6.45) is 0. The number of hydrogen-bond donors (Lipinski definition) is 0. The van der Waals surface area contributed by atoms with E-state index in [-0.39, 0.29) is 0 Å². The van der Waals surface area contributed by atoms with Gasteiger partial charge in [-0.05, 0) is 65.7 Å². The molecule has 0 bridgehead atoms. The number of hydrogen-bond acceptors (Lipinski definition) is 6. The molecule has 0 aliphatic rings. The molecule has 0 saturated heterocycles. The van der Waals surface area contributed by atoms with E-state index in [0.29, 0.717) is 17.5 Å². The molecule has 3 heterocycles. The summed E-state index contributed by atoms with van der Waals surface area (Å²) in [4.78, 5) is 17.3. The first-order valence-corrected chi connectivity index (χ1v) is 18.9. The molecule has 0 unspecified atom stereocenters. The average molecular weight is 733 g/mol. The molecule has 0 atom stereocenters. The Morgan fingerprint density at radius 3 is 1.56 bits per heavy atom. The Kier molecular flexibility index (Phi) is 7.71. The van der Waals surface area contributed by atoms with Crippen LogP contribution in [0.15, 0.2) is 203 Å². The first-order valence-electron chi connectivity index (χ1n) is 18.9. The fourth-order valence-corrected chi connectivity index (χ4v) is 7.80. The van der Waals surface area contributed by atoms with Crippen LogP contribution in [0.1, 0.15) is 0 Å². The van der Waals surface area contributed by atoms with Gasteiger partial charge >= 0.3 is 0 Å². The summed E-state index contributed by atoms with van der Waals surface area (Å²) in [6.45, 7) is 0. The Hall–Kier alpha value is -7.83. The maximum absolute atomic E-state index is 6.69. The molecule has 6 heteroatoms. The van der Waals surface area contributed by atoms with E-state index in [9.17, 15) is 0 Å². The monoisotopic (exact) mass is 732 g/mol. The van der Waals surface area contributed by atoms with Gasteiger partial charge in [-0.2, -0.15) is 0 Å². The van der Waals surface area contributed by atoms with Crippen LogP contribution in [0.25, 0.3) is 89.2 Å². The molecule has 268 valence electrons. The molecule has 0 aliphatic carbocycles. The SMILES string of the molecule is c1ccc(-c2ccc(N(c3ccc4c(c3)oc3cccc(-c5nc(-c6ccccc6)nc(-c6ccccc6)n5)c34)c3ccc4oc5ccccc5c4c3)cc2)cc1. The van der Waals surface area contributed by atoms with Gasteiger partial charge in [0.1, 0.15) is 22.3 Å². The zero-order chi connectivity index (χ0) is 37.7. The first kappa shape index (κ1) is 32.6.